The Kier molecular flexibility index (Phi) is 2.88. The van der Waals surface area contributed by atoms with E-state index in [0.717, 1.165) is 0 Å². The predicted octanol–water partition coefficient (Wildman–Crippen LogP) is 1.84. The second kappa shape index (κ2) is 3.92. The first-order valence-corrected chi connectivity index (χ1v) is 3.91. The number of aliphatic carboxylic acids is 1. The van der Waals surface area contributed by atoms with Crippen molar-refractivity contribution in [3.8, 4) is 6.07 Å². The SMILES string of the molecule is N#Cc1cc(CC(=O)O)ccc1Cl. The number of hydrogen-bond acceptors (Lipinski definition) is 2. The molecule has 1 rings (SSSR count). The number of rotatable bonds is 2. The Labute approximate surface area is 80.2 Å². The summed E-state index contributed by atoms with van der Waals surface area (Å²) in [4.78, 5) is 10.3. The largest absolute Gasteiger partial charge is 0.481 e. The molecule has 4 heteroatoms. The molecule has 0 atom stereocenters. The summed E-state index contributed by atoms with van der Waals surface area (Å²) in [6, 6.07) is 6.49. The Bertz CT molecular complexity index is 382. The van der Waals surface area contributed by atoms with Crippen molar-refractivity contribution in [2.45, 2.75) is 6.42 Å². The van der Waals surface area contributed by atoms with Crippen LogP contribution in [0.2, 0.25) is 5.02 Å². The van der Waals surface area contributed by atoms with Gasteiger partial charge in [-0.1, -0.05) is 17.7 Å². The van der Waals surface area contributed by atoms with E-state index in [1.807, 2.05) is 6.07 Å². The number of carboxylic acids is 1. The van der Waals surface area contributed by atoms with Gasteiger partial charge in [0.2, 0.25) is 0 Å². The van der Waals surface area contributed by atoms with Gasteiger partial charge in [-0.25, -0.2) is 0 Å². The van der Waals surface area contributed by atoms with Crippen LogP contribution in [0.4, 0.5) is 0 Å². The van der Waals surface area contributed by atoms with Crippen LogP contribution in [-0.2, 0) is 11.2 Å². The minimum absolute atomic E-state index is 0.0914. The average Bonchev–Trinajstić information content (AvgIpc) is 2.07. The van der Waals surface area contributed by atoms with Gasteiger partial charge >= 0.3 is 5.97 Å². The Morgan fingerprint density at radius 1 is 1.62 bits per heavy atom. The smallest absolute Gasteiger partial charge is 0.307 e. The van der Waals surface area contributed by atoms with Gasteiger partial charge in [-0.05, 0) is 17.7 Å². The molecule has 66 valence electrons. The minimum atomic E-state index is -0.925. The van der Waals surface area contributed by atoms with Crippen LogP contribution >= 0.6 is 11.6 Å². The molecule has 0 fully saturated rings. The molecular weight excluding hydrogens is 190 g/mol. The summed E-state index contributed by atoms with van der Waals surface area (Å²) in [5, 5.41) is 17.4. The molecule has 0 aliphatic heterocycles. The second-order valence-corrected chi connectivity index (χ2v) is 2.90. The Balaban J connectivity index is 3.01. The van der Waals surface area contributed by atoms with Crippen LogP contribution in [0.3, 0.4) is 0 Å². The van der Waals surface area contributed by atoms with Crippen molar-refractivity contribution in [2.24, 2.45) is 0 Å². The van der Waals surface area contributed by atoms with E-state index in [9.17, 15) is 4.79 Å². The fraction of sp³-hybridized carbons (Fsp3) is 0.111. The summed E-state index contributed by atoms with van der Waals surface area (Å²) < 4.78 is 0. The van der Waals surface area contributed by atoms with Crippen molar-refractivity contribution in [3.63, 3.8) is 0 Å². The number of hydrogen-bond donors (Lipinski definition) is 1. The highest BCUT2D eigenvalue weighted by Crippen LogP contribution is 2.16. The average molecular weight is 196 g/mol. The molecule has 0 aliphatic rings. The van der Waals surface area contributed by atoms with E-state index < -0.39 is 5.97 Å². The lowest BCUT2D eigenvalue weighted by atomic mass is 10.1. The van der Waals surface area contributed by atoms with Crippen LogP contribution < -0.4 is 0 Å². The van der Waals surface area contributed by atoms with E-state index in [1.165, 1.54) is 12.1 Å². The molecule has 0 heterocycles. The zero-order chi connectivity index (χ0) is 9.84. The third-order valence-corrected chi connectivity index (χ3v) is 1.84. The van der Waals surface area contributed by atoms with Crippen molar-refractivity contribution in [1.29, 1.82) is 5.26 Å². The first kappa shape index (κ1) is 9.56. The van der Waals surface area contributed by atoms with Gasteiger partial charge in [0.1, 0.15) is 6.07 Å². The van der Waals surface area contributed by atoms with E-state index in [2.05, 4.69) is 0 Å². The molecular formula is C9H6ClNO2. The highest BCUT2D eigenvalue weighted by Gasteiger charge is 2.04. The van der Waals surface area contributed by atoms with Gasteiger partial charge in [-0.2, -0.15) is 5.26 Å². The molecule has 0 spiro atoms. The lowest BCUT2D eigenvalue weighted by Gasteiger charge is -1.98. The Hall–Kier alpha value is -1.53. The van der Waals surface area contributed by atoms with Crippen LogP contribution in [0, 0.1) is 11.3 Å². The topological polar surface area (TPSA) is 61.1 Å². The molecule has 1 aromatic carbocycles. The summed E-state index contributed by atoms with van der Waals surface area (Å²) >= 11 is 5.66. The summed E-state index contributed by atoms with van der Waals surface area (Å²) in [7, 11) is 0. The van der Waals surface area contributed by atoms with Gasteiger partial charge in [0.25, 0.3) is 0 Å². The van der Waals surface area contributed by atoms with Crippen LogP contribution in [0.1, 0.15) is 11.1 Å². The number of nitriles is 1. The zero-order valence-corrected chi connectivity index (χ0v) is 7.38. The first-order valence-electron chi connectivity index (χ1n) is 3.54. The van der Waals surface area contributed by atoms with Gasteiger partial charge in [-0.3, -0.25) is 4.79 Å². The molecule has 13 heavy (non-hydrogen) atoms. The van der Waals surface area contributed by atoms with Crippen molar-refractivity contribution in [1.82, 2.24) is 0 Å². The van der Waals surface area contributed by atoms with Crippen LogP contribution in [0.5, 0.6) is 0 Å². The third-order valence-electron chi connectivity index (χ3n) is 1.51. The maximum atomic E-state index is 10.3. The van der Waals surface area contributed by atoms with E-state index in [-0.39, 0.29) is 6.42 Å². The number of nitrogens with zero attached hydrogens (tertiary/aromatic N) is 1. The summed E-state index contributed by atoms with van der Waals surface area (Å²) in [5.74, 6) is -0.925. The fourth-order valence-electron chi connectivity index (χ4n) is 0.943. The second-order valence-electron chi connectivity index (χ2n) is 2.50. The Morgan fingerprint density at radius 2 is 2.31 bits per heavy atom. The highest BCUT2D eigenvalue weighted by molar-refractivity contribution is 6.31. The normalized spacial score (nSPS) is 9.23. The first-order chi connectivity index (χ1) is 6.13. The molecule has 0 aromatic heterocycles. The summed E-state index contributed by atoms with van der Waals surface area (Å²) in [5.41, 5.74) is 0.883. The quantitative estimate of drug-likeness (QED) is 0.783. The lowest BCUT2D eigenvalue weighted by Crippen LogP contribution is -2.00. The van der Waals surface area contributed by atoms with Gasteiger partial charge in [0.05, 0.1) is 17.0 Å². The van der Waals surface area contributed by atoms with Gasteiger partial charge < -0.3 is 5.11 Å². The summed E-state index contributed by atoms with van der Waals surface area (Å²) in [6.07, 6.45) is -0.0914. The molecule has 1 N–H and O–H groups in total. The maximum Gasteiger partial charge on any atom is 0.307 e. The van der Waals surface area contributed by atoms with Crippen LogP contribution in [0.15, 0.2) is 18.2 Å². The molecule has 0 unspecified atom stereocenters. The number of carbonyl (C=O) groups is 1. The fourth-order valence-corrected chi connectivity index (χ4v) is 1.10. The van der Waals surface area contributed by atoms with Crippen molar-refractivity contribution >= 4 is 17.6 Å². The van der Waals surface area contributed by atoms with E-state index >= 15 is 0 Å². The molecule has 3 nitrogen and oxygen atoms in total. The zero-order valence-electron chi connectivity index (χ0n) is 6.62. The molecule has 0 bridgehead atoms. The van der Waals surface area contributed by atoms with Gasteiger partial charge in [-0.15, -0.1) is 0 Å². The molecule has 1 aromatic rings. The van der Waals surface area contributed by atoms with E-state index in [1.54, 1.807) is 6.07 Å². The van der Waals surface area contributed by atoms with Gasteiger partial charge in [0, 0.05) is 0 Å². The number of benzene rings is 1. The summed E-state index contributed by atoms with van der Waals surface area (Å²) in [6.45, 7) is 0. The molecule has 0 aliphatic carbocycles. The minimum Gasteiger partial charge on any atom is -0.481 e. The van der Waals surface area contributed by atoms with Crippen molar-refractivity contribution < 1.29 is 9.90 Å². The molecule has 0 saturated heterocycles. The van der Waals surface area contributed by atoms with Crippen LogP contribution in [-0.4, -0.2) is 11.1 Å². The molecule has 0 amide bonds. The number of halogens is 1. The lowest BCUT2D eigenvalue weighted by molar-refractivity contribution is -0.136. The Morgan fingerprint density at radius 3 is 2.85 bits per heavy atom. The predicted molar refractivity (Wildman–Crippen MR) is 47.5 cm³/mol. The molecule has 0 saturated carbocycles. The standard InChI is InChI=1S/C9H6ClNO2/c10-8-2-1-6(4-9(12)13)3-7(8)5-11/h1-3H,4H2,(H,12,13). The van der Waals surface area contributed by atoms with Gasteiger partial charge in [0.15, 0.2) is 0 Å². The van der Waals surface area contributed by atoms with E-state index in [4.69, 9.17) is 22.0 Å². The van der Waals surface area contributed by atoms with E-state index in [0.29, 0.717) is 16.1 Å². The van der Waals surface area contributed by atoms with Crippen LogP contribution in [0.25, 0.3) is 0 Å². The number of carboxylic acid groups (broad SMARTS) is 1. The molecule has 0 radical (unpaired) electrons. The monoisotopic (exact) mass is 195 g/mol. The van der Waals surface area contributed by atoms with Crippen molar-refractivity contribution in [2.75, 3.05) is 0 Å². The van der Waals surface area contributed by atoms with Crippen molar-refractivity contribution in [3.05, 3.63) is 34.3 Å². The highest BCUT2D eigenvalue weighted by atomic mass is 35.5. The maximum absolute atomic E-state index is 10.3. The third kappa shape index (κ3) is 2.46.